The van der Waals surface area contributed by atoms with Gasteiger partial charge in [-0.1, -0.05) is 40.5 Å². The molecule has 1 aromatic carbocycles. The van der Waals surface area contributed by atoms with Crippen molar-refractivity contribution in [3.05, 3.63) is 46.8 Å². The van der Waals surface area contributed by atoms with Gasteiger partial charge in [0.2, 0.25) is 0 Å². The first-order chi connectivity index (χ1) is 19.5. The fraction of sp³-hybridized carbons (Fsp3) is 0.484. The van der Waals surface area contributed by atoms with E-state index < -0.39 is 0 Å². The Bertz CT molecular complexity index is 1300. The van der Waals surface area contributed by atoms with Gasteiger partial charge in [-0.3, -0.25) is 9.69 Å². The van der Waals surface area contributed by atoms with Crippen LogP contribution in [-0.2, 0) is 4.79 Å². The molecule has 40 heavy (non-hydrogen) atoms. The van der Waals surface area contributed by atoms with Crippen LogP contribution in [0.1, 0.15) is 71.1 Å². The van der Waals surface area contributed by atoms with Gasteiger partial charge in [0.1, 0.15) is 5.00 Å². The highest BCUT2D eigenvalue weighted by molar-refractivity contribution is 7.30. The quantitative estimate of drug-likeness (QED) is 0.141. The van der Waals surface area contributed by atoms with Gasteiger partial charge in [-0.15, -0.1) is 32.9 Å². The normalized spacial score (nSPS) is 15.3. The Morgan fingerprint density at radius 3 is 2.15 bits per heavy atom. The van der Waals surface area contributed by atoms with E-state index in [1.54, 1.807) is 27.6 Å². The molecule has 0 bridgehead atoms. The summed E-state index contributed by atoms with van der Waals surface area (Å²) in [5, 5.41) is 9.85. The minimum Gasteiger partial charge on any atom is -0.372 e. The number of imide groups is 1. The summed E-state index contributed by atoms with van der Waals surface area (Å²) in [5.74, 6) is -0.171. The number of nitrogens with zero attached hydrogens (tertiary/aromatic N) is 5. The van der Waals surface area contributed by atoms with Crippen LogP contribution in [0.4, 0.5) is 21.2 Å². The van der Waals surface area contributed by atoms with Crippen LogP contribution >= 0.6 is 22.7 Å². The minimum absolute atomic E-state index is 0.171. The maximum atomic E-state index is 13.0. The third-order valence-electron chi connectivity index (χ3n) is 6.89. The molecule has 3 aromatic rings. The molecule has 1 aliphatic rings. The Labute approximate surface area is 246 Å². The van der Waals surface area contributed by atoms with E-state index in [2.05, 4.69) is 53.2 Å². The maximum absolute atomic E-state index is 13.0. The number of carbonyl (C=O) groups excluding carboxylic acids is 2. The molecule has 4 rings (SSSR count). The number of hydrogen-bond donors (Lipinski definition) is 0. The fourth-order valence-corrected chi connectivity index (χ4v) is 6.97. The molecule has 3 heterocycles. The second-order valence-corrected chi connectivity index (χ2v) is 12.4. The number of thiophene rings is 2. The van der Waals surface area contributed by atoms with E-state index in [-0.39, 0.29) is 11.9 Å². The van der Waals surface area contributed by atoms with Crippen molar-refractivity contribution < 1.29 is 9.59 Å². The van der Waals surface area contributed by atoms with E-state index in [0.717, 1.165) is 50.9 Å². The first-order valence-electron chi connectivity index (χ1n) is 14.6. The minimum atomic E-state index is -0.173. The van der Waals surface area contributed by atoms with Crippen molar-refractivity contribution in [2.45, 2.75) is 66.2 Å². The molecule has 0 unspecified atom stereocenters. The molecule has 0 spiro atoms. The number of anilines is 1. The van der Waals surface area contributed by atoms with Crippen molar-refractivity contribution >= 4 is 66.5 Å². The van der Waals surface area contributed by atoms with Gasteiger partial charge in [-0.25, -0.2) is 4.79 Å². The molecule has 0 saturated carbocycles. The van der Waals surface area contributed by atoms with Gasteiger partial charge in [0.05, 0.1) is 12.2 Å². The summed E-state index contributed by atoms with van der Waals surface area (Å²) >= 11 is 3.23. The number of rotatable bonds is 14. The molecule has 0 N–H and O–H groups in total. The molecular weight excluding hydrogens is 539 g/mol. The summed E-state index contributed by atoms with van der Waals surface area (Å²) in [6, 6.07) is 12.4. The Kier molecular flexibility index (Phi) is 10.9. The molecule has 0 atom stereocenters. The number of carbonyl (C=O) groups is 2. The van der Waals surface area contributed by atoms with E-state index >= 15 is 0 Å². The van der Waals surface area contributed by atoms with Gasteiger partial charge in [0.25, 0.3) is 5.91 Å². The summed E-state index contributed by atoms with van der Waals surface area (Å²) in [6.07, 6.45) is 8.34. The Morgan fingerprint density at radius 1 is 0.850 bits per heavy atom. The topological polar surface area (TPSA) is 68.6 Å². The predicted octanol–water partition coefficient (Wildman–Crippen LogP) is 9.25. The zero-order valence-electron chi connectivity index (χ0n) is 24.2. The van der Waals surface area contributed by atoms with Crippen LogP contribution < -0.4 is 4.90 Å². The second-order valence-electron chi connectivity index (χ2n) is 10.2. The maximum Gasteiger partial charge on any atom is 0.327 e. The van der Waals surface area contributed by atoms with E-state index in [1.165, 1.54) is 36.3 Å². The first kappa shape index (κ1) is 29.9. The highest BCUT2D eigenvalue weighted by Gasteiger charge is 2.34. The Hall–Kier alpha value is -3.04. The lowest BCUT2D eigenvalue weighted by atomic mass is 10.1. The van der Waals surface area contributed by atoms with Crippen molar-refractivity contribution in [2.75, 3.05) is 37.6 Å². The molecular formula is C31H41N5O2S2. The van der Waals surface area contributed by atoms with Crippen molar-refractivity contribution in [1.29, 1.82) is 0 Å². The van der Waals surface area contributed by atoms with Crippen molar-refractivity contribution in [3.8, 4) is 0 Å². The lowest BCUT2D eigenvalue weighted by Gasteiger charge is -2.35. The molecule has 3 amide bonds. The zero-order chi connectivity index (χ0) is 28.5. The summed E-state index contributed by atoms with van der Waals surface area (Å²) in [7, 11) is 0. The molecule has 7 nitrogen and oxygen atoms in total. The lowest BCUT2D eigenvalue weighted by molar-refractivity contribution is -0.126. The number of benzene rings is 1. The highest BCUT2D eigenvalue weighted by Crippen LogP contribution is 2.39. The van der Waals surface area contributed by atoms with Crippen LogP contribution in [0, 0.1) is 0 Å². The van der Waals surface area contributed by atoms with Gasteiger partial charge < -0.3 is 9.80 Å². The molecule has 2 aromatic heterocycles. The van der Waals surface area contributed by atoms with E-state index in [9.17, 15) is 9.59 Å². The lowest BCUT2D eigenvalue weighted by Crippen LogP contribution is -2.53. The van der Waals surface area contributed by atoms with Crippen LogP contribution in [0.5, 0.6) is 0 Å². The summed E-state index contributed by atoms with van der Waals surface area (Å²) in [6.45, 7) is 12.1. The van der Waals surface area contributed by atoms with Gasteiger partial charge in [0, 0.05) is 51.7 Å². The number of fused-ring (bicyclic) bond motifs is 1. The highest BCUT2D eigenvalue weighted by atomic mass is 32.1. The predicted molar refractivity (Wildman–Crippen MR) is 170 cm³/mol. The van der Waals surface area contributed by atoms with Crippen molar-refractivity contribution in [2.24, 2.45) is 10.2 Å². The smallest absolute Gasteiger partial charge is 0.327 e. The average Bonchev–Trinajstić information content (AvgIpc) is 3.51. The third kappa shape index (κ3) is 7.37. The van der Waals surface area contributed by atoms with Crippen LogP contribution in [0.25, 0.3) is 15.5 Å². The number of hydrogen-bond acceptors (Lipinski definition) is 7. The molecule has 1 aliphatic heterocycles. The number of unbranched alkanes of at least 4 members (excludes halogenated alkanes) is 2. The summed E-state index contributed by atoms with van der Waals surface area (Å²) in [5.41, 5.74) is 2.76. The molecule has 9 heteroatoms. The summed E-state index contributed by atoms with van der Waals surface area (Å²) in [4.78, 5) is 32.4. The second kappa shape index (κ2) is 14.6. The van der Waals surface area contributed by atoms with Gasteiger partial charge in [-0.2, -0.15) is 0 Å². The monoisotopic (exact) mass is 579 g/mol. The SMILES string of the molecule is CCCCN(CCCC)c1ccc(N=Nc2cc3sc(/C=C4/CN(CCC)C(=O)N(CCC)C4=O)cc3s2)cc1. The molecule has 0 aliphatic carbocycles. The number of amides is 3. The zero-order valence-corrected chi connectivity index (χ0v) is 25.8. The molecule has 214 valence electrons. The summed E-state index contributed by atoms with van der Waals surface area (Å²) < 4.78 is 2.25. The Balaban J connectivity index is 1.45. The standard InChI is InChI=1S/C31H41N5O2S2/c1-5-9-17-34(18-10-6-2)25-13-11-24(12-14-25)32-33-29-21-28-27(40-29)20-26(39-28)19-23-22-35(15-7-3)31(38)36(16-8-4)30(23)37/h11-14,19-21H,5-10,15-18,22H2,1-4H3/b23-19-,33-32?. The van der Waals surface area contributed by atoms with Crippen molar-refractivity contribution in [1.82, 2.24) is 9.80 Å². The van der Waals surface area contributed by atoms with Crippen LogP contribution in [0.2, 0.25) is 0 Å². The third-order valence-corrected chi connectivity index (χ3v) is 9.02. The largest absolute Gasteiger partial charge is 0.372 e. The van der Waals surface area contributed by atoms with E-state index in [0.29, 0.717) is 25.2 Å². The molecule has 1 saturated heterocycles. The average molecular weight is 580 g/mol. The van der Waals surface area contributed by atoms with Crippen LogP contribution in [-0.4, -0.2) is 54.5 Å². The molecule has 1 fully saturated rings. The molecule has 0 radical (unpaired) electrons. The van der Waals surface area contributed by atoms with Gasteiger partial charge in [0.15, 0.2) is 0 Å². The van der Waals surface area contributed by atoms with Crippen LogP contribution in [0.3, 0.4) is 0 Å². The number of azo groups is 1. The fourth-order valence-electron chi connectivity index (χ4n) is 4.78. The van der Waals surface area contributed by atoms with Gasteiger partial charge in [-0.05, 0) is 68.2 Å². The van der Waals surface area contributed by atoms with Crippen LogP contribution in [0.15, 0.2) is 52.2 Å². The van der Waals surface area contributed by atoms with Crippen molar-refractivity contribution in [3.63, 3.8) is 0 Å². The first-order valence-corrected chi connectivity index (χ1v) is 16.2. The van der Waals surface area contributed by atoms with Gasteiger partial charge >= 0.3 is 6.03 Å². The number of urea groups is 1. The van der Waals surface area contributed by atoms with E-state index in [1.807, 2.05) is 32.1 Å². The van der Waals surface area contributed by atoms with E-state index in [4.69, 9.17) is 0 Å². The Morgan fingerprint density at radius 2 is 1.52 bits per heavy atom.